The lowest BCUT2D eigenvalue weighted by molar-refractivity contribution is 0.0692. The maximum Gasteiger partial charge on any atom is 0.339 e. The molecule has 1 rings (SSSR count). The minimum absolute atomic E-state index is 0.140. The third kappa shape index (κ3) is 12.8. The second kappa shape index (κ2) is 17.0. The summed E-state index contributed by atoms with van der Waals surface area (Å²) in [6, 6.07) is 4.94. The van der Waals surface area contributed by atoms with E-state index in [1.165, 1.54) is 90.2 Å². The molecule has 0 aliphatic rings. The van der Waals surface area contributed by atoms with Gasteiger partial charge in [0.2, 0.25) is 0 Å². The molecule has 30 heavy (non-hydrogen) atoms. The molecule has 0 aliphatic carbocycles. The summed E-state index contributed by atoms with van der Waals surface area (Å²) in [7, 11) is 1.47. The highest BCUT2D eigenvalue weighted by molar-refractivity contribution is 5.91. The zero-order valence-electron chi connectivity index (χ0n) is 19.6. The number of unbranched alkanes of at least 4 members (excludes halogenated alkanes) is 12. The number of carbonyl (C=O) groups is 1. The summed E-state index contributed by atoms with van der Waals surface area (Å²) < 4.78 is 10.8. The Morgan fingerprint density at radius 2 is 1.33 bits per heavy atom. The first-order chi connectivity index (χ1) is 14.5. The zero-order valence-corrected chi connectivity index (χ0v) is 19.6. The van der Waals surface area contributed by atoms with Crippen LogP contribution in [0.15, 0.2) is 18.2 Å². The van der Waals surface area contributed by atoms with Crippen LogP contribution < -0.4 is 9.47 Å². The molecule has 0 atom stereocenters. The van der Waals surface area contributed by atoms with Gasteiger partial charge in [0.05, 0.1) is 13.7 Å². The number of hydrogen-bond acceptors (Lipinski definition) is 3. The predicted octanol–water partition coefficient (Wildman–Crippen LogP) is 7.89. The summed E-state index contributed by atoms with van der Waals surface area (Å²) >= 11 is 0. The number of benzene rings is 1. The van der Waals surface area contributed by atoms with Gasteiger partial charge in [0, 0.05) is 0 Å². The molecular formula is C26H44O4. The quantitative estimate of drug-likeness (QED) is 0.231. The first-order valence-electron chi connectivity index (χ1n) is 12.1. The third-order valence-electron chi connectivity index (χ3n) is 5.60. The summed E-state index contributed by atoms with van der Waals surface area (Å²) in [6.45, 7) is 5.26. The first-order valence-corrected chi connectivity index (χ1v) is 12.1. The Bertz CT molecular complexity index is 568. The zero-order chi connectivity index (χ0) is 22.0. The first kappa shape index (κ1) is 26.3. The summed E-state index contributed by atoms with van der Waals surface area (Å²) in [4.78, 5) is 11.2. The maximum absolute atomic E-state index is 11.2. The molecule has 0 amide bonds. The lowest BCUT2D eigenvalue weighted by Gasteiger charge is -2.09. The minimum Gasteiger partial charge on any atom is -0.496 e. The number of carboxylic acids is 1. The highest BCUT2D eigenvalue weighted by Crippen LogP contribution is 2.24. The van der Waals surface area contributed by atoms with E-state index < -0.39 is 5.97 Å². The van der Waals surface area contributed by atoms with Crippen molar-refractivity contribution < 1.29 is 19.4 Å². The molecule has 0 bridgehead atoms. The standard InChI is InChI=1S/C26H44O4/c1-22(2)17-15-13-11-9-7-5-4-6-8-10-12-14-16-20-30-23-18-19-25(29-3)24(21-23)26(27)28/h18-19,21-22H,4-17,20H2,1-3H3,(H,27,28). The van der Waals surface area contributed by atoms with Crippen molar-refractivity contribution >= 4 is 5.97 Å². The minimum atomic E-state index is -1.00. The Balaban J connectivity index is 1.91. The van der Waals surface area contributed by atoms with E-state index in [4.69, 9.17) is 9.47 Å². The van der Waals surface area contributed by atoms with Gasteiger partial charge in [-0.05, 0) is 30.5 Å². The summed E-state index contributed by atoms with van der Waals surface area (Å²) in [5, 5.41) is 9.21. The monoisotopic (exact) mass is 420 g/mol. The molecule has 4 heteroatoms. The third-order valence-corrected chi connectivity index (χ3v) is 5.60. The van der Waals surface area contributed by atoms with Gasteiger partial charge in [0.1, 0.15) is 17.1 Å². The van der Waals surface area contributed by atoms with Crippen LogP contribution in [0.5, 0.6) is 11.5 Å². The van der Waals surface area contributed by atoms with Crippen LogP contribution in [0.4, 0.5) is 0 Å². The molecule has 0 heterocycles. The van der Waals surface area contributed by atoms with Crippen LogP contribution in [0.25, 0.3) is 0 Å². The molecule has 0 unspecified atom stereocenters. The predicted molar refractivity (Wildman–Crippen MR) is 125 cm³/mol. The molecular weight excluding hydrogens is 376 g/mol. The Hall–Kier alpha value is -1.71. The Morgan fingerprint density at radius 1 is 0.833 bits per heavy atom. The summed E-state index contributed by atoms with van der Waals surface area (Å²) in [5.74, 6) is 0.807. The van der Waals surface area contributed by atoms with Crippen molar-refractivity contribution in [1.82, 2.24) is 0 Å². The van der Waals surface area contributed by atoms with Crippen molar-refractivity contribution in [1.29, 1.82) is 0 Å². The Kier molecular flexibility index (Phi) is 14.9. The van der Waals surface area contributed by atoms with Crippen LogP contribution in [0, 0.1) is 5.92 Å². The number of ether oxygens (including phenoxy) is 2. The molecule has 0 saturated heterocycles. The number of methoxy groups -OCH3 is 1. The molecule has 0 aromatic heterocycles. The molecule has 0 radical (unpaired) electrons. The van der Waals surface area contributed by atoms with Crippen molar-refractivity contribution in [3.8, 4) is 11.5 Å². The molecule has 1 aromatic rings. The fourth-order valence-electron chi connectivity index (χ4n) is 3.73. The molecule has 4 nitrogen and oxygen atoms in total. The fraction of sp³-hybridized carbons (Fsp3) is 0.731. The molecule has 1 N–H and O–H groups in total. The van der Waals surface area contributed by atoms with Crippen LogP contribution in [0.1, 0.15) is 114 Å². The average Bonchev–Trinajstić information content (AvgIpc) is 2.73. The van der Waals surface area contributed by atoms with E-state index in [1.807, 2.05) is 0 Å². The normalized spacial score (nSPS) is 11.1. The molecule has 0 saturated carbocycles. The smallest absolute Gasteiger partial charge is 0.339 e. The second-order valence-corrected chi connectivity index (χ2v) is 8.79. The number of rotatable bonds is 19. The van der Waals surface area contributed by atoms with Gasteiger partial charge in [0.15, 0.2) is 0 Å². The van der Waals surface area contributed by atoms with E-state index in [-0.39, 0.29) is 5.56 Å². The van der Waals surface area contributed by atoms with Crippen molar-refractivity contribution in [2.24, 2.45) is 5.92 Å². The number of carboxylic acid groups (broad SMARTS) is 1. The van der Waals surface area contributed by atoms with Gasteiger partial charge in [-0.3, -0.25) is 0 Å². The highest BCUT2D eigenvalue weighted by Gasteiger charge is 2.12. The van der Waals surface area contributed by atoms with Gasteiger partial charge < -0.3 is 14.6 Å². The molecule has 0 fully saturated rings. The van der Waals surface area contributed by atoms with Crippen LogP contribution in [-0.4, -0.2) is 24.8 Å². The average molecular weight is 421 g/mol. The summed E-state index contributed by atoms with van der Waals surface area (Å²) in [6.07, 6.45) is 18.7. The molecule has 0 aliphatic heterocycles. The summed E-state index contributed by atoms with van der Waals surface area (Å²) in [5.41, 5.74) is 0.140. The van der Waals surface area contributed by atoms with E-state index >= 15 is 0 Å². The van der Waals surface area contributed by atoms with Gasteiger partial charge in [-0.25, -0.2) is 4.79 Å². The van der Waals surface area contributed by atoms with Crippen LogP contribution in [0.2, 0.25) is 0 Å². The van der Waals surface area contributed by atoms with Crippen LogP contribution >= 0.6 is 0 Å². The van der Waals surface area contributed by atoms with E-state index in [9.17, 15) is 9.90 Å². The number of hydrogen-bond donors (Lipinski definition) is 1. The Morgan fingerprint density at radius 3 is 1.80 bits per heavy atom. The van der Waals surface area contributed by atoms with E-state index in [0.29, 0.717) is 18.1 Å². The maximum atomic E-state index is 11.2. The lowest BCUT2D eigenvalue weighted by atomic mass is 10.0. The lowest BCUT2D eigenvalue weighted by Crippen LogP contribution is -2.03. The van der Waals surface area contributed by atoms with Crippen molar-refractivity contribution in [3.05, 3.63) is 23.8 Å². The van der Waals surface area contributed by atoms with Crippen LogP contribution in [0.3, 0.4) is 0 Å². The van der Waals surface area contributed by atoms with Gasteiger partial charge in [-0.15, -0.1) is 0 Å². The van der Waals surface area contributed by atoms with Gasteiger partial charge in [-0.1, -0.05) is 97.3 Å². The van der Waals surface area contributed by atoms with Gasteiger partial charge >= 0.3 is 5.97 Å². The largest absolute Gasteiger partial charge is 0.496 e. The fourth-order valence-corrected chi connectivity index (χ4v) is 3.73. The Labute approximate surface area is 184 Å². The van der Waals surface area contributed by atoms with Crippen molar-refractivity contribution in [2.45, 2.75) is 104 Å². The van der Waals surface area contributed by atoms with E-state index in [0.717, 1.165) is 18.8 Å². The number of aromatic carboxylic acids is 1. The van der Waals surface area contributed by atoms with Crippen molar-refractivity contribution in [2.75, 3.05) is 13.7 Å². The molecule has 0 spiro atoms. The molecule has 1 aromatic carbocycles. The van der Waals surface area contributed by atoms with Gasteiger partial charge in [0.25, 0.3) is 0 Å². The molecule has 172 valence electrons. The van der Waals surface area contributed by atoms with Crippen molar-refractivity contribution in [3.63, 3.8) is 0 Å². The van der Waals surface area contributed by atoms with E-state index in [2.05, 4.69) is 13.8 Å². The van der Waals surface area contributed by atoms with Crippen LogP contribution in [-0.2, 0) is 0 Å². The SMILES string of the molecule is COc1ccc(OCCCCCCCCCCCCCCCC(C)C)cc1C(=O)O. The second-order valence-electron chi connectivity index (χ2n) is 8.79. The highest BCUT2D eigenvalue weighted by atomic mass is 16.5. The topological polar surface area (TPSA) is 55.8 Å². The van der Waals surface area contributed by atoms with Gasteiger partial charge in [-0.2, -0.15) is 0 Å². The van der Waals surface area contributed by atoms with E-state index in [1.54, 1.807) is 12.1 Å².